The lowest BCUT2D eigenvalue weighted by molar-refractivity contribution is -0.123. The van der Waals surface area contributed by atoms with Crippen LogP contribution in [0, 0.1) is 6.92 Å². The number of rotatable bonds is 6. The van der Waals surface area contributed by atoms with Crippen LogP contribution in [0.3, 0.4) is 0 Å². The van der Waals surface area contributed by atoms with Crippen molar-refractivity contribution in [1.29, 1.82) is 0 Å². The van der Waals surface area contributed by atoms with Crippen LogP contribution in [-0.2, 0) is 4.79 Å². The van der Waals surface area contributed by atoms with Gasteiger partial charge in [0.15, 0.2) is 0 Å². The van der Waals surface area contributed by atoms with Crippen molar-refractivity contribution in [2.24, 2.45) is 0 Å². The second-order valence-corrected chi connectivity index (χ2v) is 7.76. The van der Waals surface area contributed by atoms with Crippen molar-refractivity contribution < 1.29 is 9.59 Å². The number of anilines is 1. The summed E-state index contributed by atoms with van der Waals surface area (Å²) in [4.78, 5) is 28.7. The Balaban J connectivity index is 1.88. The third kappa shape index (κ3) is 5.96. The lowest BCUT2D eigenvalue weighted by Crippen LogP contribution is -2.52. The summed E-state index contributed by atoms with van der Waals surface area (Å²) in [6, 6.07) is 6.27. The zero-order chi connectivity index (χ0) is 20.0. The van der Waals surface area contributed by atoms with Gasteiger partial charge in [-0.3, -0.25) is 9.69 Å². The van der Waals surface area contributed by atoms with E-state index in [0.717, 1.165) is 23.2 Å². The molecule has 1 fully saturated rings. The molecular weight excluding hydrogens is 340 g/mol. The molecule has 1 aliphatic rings. The molecule has 150 valence electrons. The predicted octanol–water partition coefficient (Wildman–Crippen LogP) is 3.18. The summed E-state index contributed by atoms with van der Waals surface area (Å²) in [7, 11) is 0. The van der Waals surface area contributed by atoms with E-state index in [-0.39, 0.29) is 18.0 Å². The molecule has 0 aromatic heterocycles. The zero-order valence-electron chi connectivity index (χ0n) is 17.3. The highest BCUT2D eigenvalue weighted by atomic mass is 16.2. The molecule has 2 rings (SSSR count). The average Bonchev–Trinajstić information content (AvgIpc) is 2.63. The van der Waals surface area contributed by atoms with Gasteiger partial charge in [0.05, 0.1) is 6.54 Å². The van der Waals surface area contributed by atoms with E-state index < -0.39 is 0 Å². The fourth-order valence-electron chi connectivity index (χ4n) is 3.26. The fourth-order valence-corrected chi connectivity index (χ4v) is 3.26. The van der Waals surface area contributed by atoms with Crippen molar-refractivity contribution in [3.8, 4) is 0 Å². The van der Waals surface area contributed by atoms with Gasteiger partial charge < -0.3 is 15.5 Å². The molecule has 0 spiro atoms. The molecule has 1 aliphatic heterocycles. The van der Waals surface area contributed by atoms with Crippen LogP contribution in [0.4, 0.5) is 10.5 Å². The molecule has 6 heteroatoms. The number of hydrogen-bond donors (Lipinski definition) is 2. The van der Waals surface area contributed by atoms with E-state index in [1.54, 1.807) is 0 Å². The number of nitrogens with zero attached hydrogens (tertiary/aromatic N) is 2. The largest absolute Gasteiger partial charge is 0.353 e. The van der Waals surface area contributed by atoms with Crippen molar-refractivity contribution in [2.75, 3.05) is 38.0 Å². The SMILES string of the molecule is CCC(C)NC(=O)CN1CCN(C(=O)Nc2c(C)cccc2C(C)C)CC1. The average molecular weight is 375 g/mol. The van der Waals surface area contributed by atoms with Crippen molar-refractivity contribution in [2.45, 2.75) is 53.0 Å². The normalized spacial score (nSPS) is 16.3. The van der Waals surface area contributed by atoms with Gasteiger partial charge in [-0.05, 0) is 37.3 Å². The summed E-state index contributed by atoms with van der Waals surface area (Å²) in [5.41, 5.74) is 3.16. The summed E-state index contributed by atoms with van der Waals surface area (Å²) in [5.74, 6) is 0.407. The molecule has 2 N–H and O–H groups in total. The van der Waals surface area contributed by atoms with Gasteiger partial charge in [0.25, 0.3) is 0 Å². The molecule has 3 amide bonds. The standard InChI is InChI=1S/C21H34N4O2/c1-6-17(5)22-19(26)14-24-10-12-25(13-11-24)21(27)23-20-16(4)8-7-9-18(20)15(2)3/h7-9,15,17H,6,10-14H2,1-5H3,(H,22,26)(H,23,27). The molecule has 1 unspecified atom stereocenters. The Morgan fingerprint density at radius 1 is 1.11 bits per heavy atom. The number of carbonyl (C=O) groups excluding carboxylic acids is 2. The fraction of sp³-hybridized carbons (Fsp3) is 0.619. The summed E-state index contributed by atoms with van der Waals surface area (Å²) in [6.07, 6.45) is 0.928. The molecule has 1 saturated heterocycles. The molecule has 0 aliphatic carbocycles. The van der Waals surface area contributed by atoms with Gasteiger partial charge in [0.2, 0.25) is 5.91 Å². The summed E-state index contributed by atoms with van der Waals surface area (Å²) < 4.78 is 0. The second kappa shape index (κ2) is 9.74. The van der Waals surface area contributed by atoms with E-state index in [1.165, 1.54) is 0 Å². The highest BCUT2D eigenvalue weighted by molar-refractivity contribution is 5.91. The Morgan fingerprint density at radius 3 is 2.37 bits per heavy atom. The number of urea groups is 1. The number of para-hydroxylation sites is 1. The van der Waals surface area contributed by atoms with Crippen LogP contribution in [-0.4, -0.2) is 60.5 Å². The van der Waals surface area contributed by atoms with E-state index >= 15 is 0 Å². The predicted molar refractivity (Wildman–Crippen MR) is 110 cm³/mol. The minimum absolute atomic E-state index is 0.0590. The molecule has 1 aromatic carbocycles. The first-order valence-electron chi connectivity index (χ1n) is 9.99. The number of carbonyl (C=O) groups is 2. The zero-order valence-corrected chi connectivity index (χ0v) is 17.3. The Labute approximate surface area is 163 Å². The second-order valence-electron chi connectivity index (χ2n) is 7.76. The summed E-state index contributed by atoms with van der Waals surface area (Å²) >= 11 is 0. The first kappa shape index (κ1) is 21.2. The quantitative estimate of drug-likeness (QED) is 0.804. The van der Waals surface area contributed by atoms with Crippen LogP contribution in [0.15, 0.2) is 18.2 Å². The maximum Gasteiger partial charge on any atom is 0.321 e. The van der Waals surface area contributed by atoms with Gasteiger partial charge in [-0.2, -0.15) is 0 Å². The maximum absolute atomic E-state index is 12.7. The van der Waals surface area contributed by atoms with Gasteiger partial charge in [0, 0.05) is 37.9 Å². The van der Waals surface area contributed by atoms with Crippen LogP contribution in [0.2, 0.25) is 0 Å². The molecule has 1 atom stereocenters. The van der Waals surface area contributed by atoms with Crippen molar-refractivity contribution in [3.05, 3.63) is 29.3 Å². The van der Waals surface area contributed by atoms with Crippen LogP contribution >= 0.6 is 0 Å². The Morgan fingerprint density at radius 2 is 1.78 bits per heavy atom. The monoisotopic (exact) mass is 374 g/mol. The highest BCUT2D eigenvalue weighted by Crippen LogP contribution is 2.27. The van der Waals surface area contributed by atoms with E-state index in [2.05, 4.69) is 42.4 Å². The van der Waals surface area contributed by atoms with E-state index in [1.807, 2.05) is 30.9 Å². The maximum atomic E-state index is 12.7. The van der Waals surface area contributed by atoms with Crippen LogP contribution < -0.4 is 10.6 Å². The third-order valence-electron chi connectivity index (χ3n) is 5.21. The molecule has 0 bridgehead atoms. The Kier molecular flexibility index (Phi) is 7.66. The number of amides is 3. The first-order valence-corrected chi connectivity index (χ1v) is 9.99. The number of hydrogen-bond acceptors (Lipinski definition) is 3. The topological polar surface area (TPSA) is 64.7 Å². The number of benzene rings is 1. The minimum Gasteiger partial charge on any atom is -0.353 e. The highest BCUT2D eigenvalue weighted by Gasteiger charge is 2.23. The third-order valence-corrected chi connectivity index (χ3v) is 5.21. The summed E-state index contributed by atoms with van der Waals surface area (Å²) in [6.45, 7) is 13.4. The van der Waals surface area contributed by atoms with Gasteiger partial charge in [-0.25, -0.2) is 4.79 Å². The molecule has 0 saturated carbocycles. The number of nitrogens with one attached hydrogen (secondary N) is 2. The Bertz CT molecular complexity index is 652. The molecule has 1 heterocycles. The van der Waals surface area contributed by atoms with Crippen LogP contribution in [0.1, 0.15) is 51.2 Å². The molecule has 0 radical (unpaired) electrons. The van der Waals surface area contributed by atoms with Crippen LogP contribution in [0.5, 0.6) is 0 Å². The smallest absolute Gasteiger partial charge is 0.321 e. The molecular formula is C21H34N4O2. The minimum atomic E-state index is -0.0603. The lowest BCUT2D eigenvalue weighted by atomic mass is 9.98. The van der Waals surface area contributed by atoms with Crippen molar-refractivity contribution in [3.63, 3.8) is 0 Å². The van der Waals surface area contributed by atoms with Crippen molar-refractivity contribution in [1.82, 2.24) is 15.1 Å². The van der Waals surface area contributed by atoms with Gasteiger partial charge in [-0.1, -0.05) is 39.0 Å². The van der Waals surface area contributed by atoms with Gasteiger partial charge in [0.1, 0.15) is 0 Å². The molecule has 27 heavy (non-hydrogen) atoms. The Hall–Kier alpha value is -2.08. The summed E-state index contributed by atoms with van der Waals surface area (Å²) in [5, 5.41) is 6.10. The van der Waals surface area contributed by atoms with Gasteiger partial charge >= 0.3 is 6.03 Å². The van der Waals surface area contributed by atoms with E-state index in [0.29, 0.717) is 38.6 Å². The van der Waals surface area contributed by atoms with Crippen LogP contribution in [0.25, 0.3) is 0 Å². The van der Waals surface area contributed by atoms with E-state index in [4.69, 9.17) is 0 Å². The van der Waals surface area contributed by atoms with Crippen molar-refractivity contribution >= 4 is 17.6 Å². The first-order chi connectivity index (χ1) is 12.8. The number of piperazine rings is 1. The van der Waals surface area contributed by atoms with E-state index in [9.17, 15) is 9.59 Å². The number of aryl methyl sites for hydroxylation is 1. The molecule has 1 aromatic rings. The lowest BCUT2D eigenvalue weighted by Gasteiger charge is -2.34. The van der Waals surface area contributed by atoms with Gasteiger partial charge in [-0.15, -0.1) is 0 Å². The molecule has 6 nitrogen and oxygen atoms in total.